The molecule has 0 aliphatic heterocycles. The monoisotopic (exact) mass is 535 g/mol. The molecule has 0 N–H and O–H groups in total. The number of fused-ring (bicyclic) bond motifs is 7. The summed E-state index contributed by atoms with van der Waals surface area (Å²) in [4.78, 5) is 0. The lowest BCUT2D eigenvalue weighted by molar-refractivity contribution is 1.19. The molecule has 0 atom stereocenters. The van der Waals surface area contributed by atoms with Crippen molar-refractivity contribution in [2.24, 2.45) is 0 Å². The number of halogens is 1. The number of hydrogen-bond acceptors (Lipinski definition) is 1. The van der Waals surface area contributed by atoms with Crippen LogP contribution in [-0.4, -0.2) is 4.57 Å². The van der Waals surface area contributed by atoms with Gasteiger partial charge < -0.3 is 4.57 Å². The van der Waals surface area contributed by atoms with Crippen molar-refractivity contribution < 1.29 is 0 Å². The van der Waals surface area contributed by atoms with Gasteiger partial charge in [0.05, 0.1) is 15.7 Å². The van der Waals surface area contributed by atoms with E-state index < -0.39 is 0 Å². The number of aromatic nitrogens is 1. The van der Waals surface area contributed by atoms with E-state index in [1.807, 2.05) is 17.4 Å². The third-order valence-electron chi connectivity index (χ3n) is 7.62. The zero-order chi connectivity index (χ0) is 25.9. The fourth-order valence-electron chi connectivity index (χ4n) is 5.86. The second-order valence-corrected chi connectivity index (χ2v) is 11.4. The van der Waals surface area contributed by atoms with E-state index >= 15 is 0 Å². The van der Waals surface area contributed by atoms with Gasteiger partial charge in [-0.05, 0) is 64.7 Å². The van der Waals surface area contributed by atoms with Gasteiger partial charge in [0, 0.05) is 37.0 Å². The molecule has 2 aromatic heterocycles. The van der Waals surface area contributed by atoms with Crippen LogP contribution in [0.3, 0.4) is 0 Å². The van der Waals surface area contributed by atoms with E-state index in [0.717, 1.165) is 10.7 Å². The van der Waals surface area contributed by atoms with Gasteiger partial charge >= 0.3 is 0 Å². The van der Waals surface area contributed by atoms with Gasteiger partial charge in [0.2, 0.25) is 0 Å². The average Bonchev–Trinajstić information content (AvgIpc) is 3.53. The minimum atomic E-state index is 0.769. The number of benzene rings is 6. The van der Waals surface area contributed by atoms with Crippen LogP contribution < -0.4 is 0 Å². The van der Waals surface area contributed by atoms with Crippen LogP contribution >= 0.6 is 22.9 Å². The van der Waals surface area contributed by atoms with Gasteiger partial charge in [-0.1, -0.05) is 103 Å². The summed E-state index contributed by atoms with van der Waals surface area (Å²) in [6, 6.07) is 47.8. The van der Waals surface area contributed by atoms with E-state index in [9.17, 15) is 0 Å². The first-order chi connectivity index (χ1) is 19.2. The van der Waals surface area contributed by atoms with Crippen molar-refractivity contribution in [1.29, 1.82) is 0 Å². The van der Waals surface area contributed by atoms with Crippen LogP contribution in [0.15, 0.2) is 133 Å². The van der Waals surface area contributed by atoms with Crippen molar-refractivity contribution in [3.63, 3.8) is 0 Å². The van der Waals surface area contributed by atoms with Gasteiger partial charge in [-0.3, -0.25) is 0 Å². The van der Waals surface area contributed by atoms with Crippen LogP contribution in [0.1, 0.15) is 0 Å². The Morgan fingerprint density at radius 2 is 1.13 bits per heavy atom. The predicted molar refractivity (Wildman–Crippen MR) is 170 cm³/mol. The van der Waals surface area contributed by atoms with E-state index in [1.54, 1.807) is 0 Å². The molecule has 0 unspecified atom stereocenters. The first kappa shape index (κ1) is 22.6. The molecule has 8 aromatic rings. The molecular formula is C36H22ClNS. The summed E-state index contributed by atoms with van der Waals surface area (Å²) in [5, 5.41) is 5.75. The Kier molecular flexibility index (Phi) is 5.12. The Labute approximate surface area is 235 Å². The van der Waals surface area contributed by atoms with Crippen LogP contribution in [0.25, 0.3) is 69.9 Å². The highest BCUT2D eigenvalue weighted by atomic mass is 35.5. The molecule has 0 bridgehead atoms. The van der Waals surface area contributed by atoms with Crippen molar-refractivity contribution in [1.82, 2.24) is 4.57 Å². The van der Waals surface area contributed by atoms with Crippen LogP contribution in [0, 0.1) is 0 Å². The lowest BCUT2D eigenvalue weighted by atomic mass is 9.98. The molecule has 0 aliphatic rings. The Morgan fingerprint density at radius 3 is 1.85 bits per heavy atom. The zero-order valence-electron chi connectivity index (χ0n) is 20.9. The van der Waals surface area contributed by atoms with Gasteiger partial charge in [0.25, 0.3) is 0 Å². The van der Waals surface area contributed by atoms with Crippen molar-refractivity contribution in [3.05, 3.63) is 138 Å². The third kappa shape index (κ3) is 3.60. The molecule has 2 heterocycles. The second-order valence-electron chi connectivity index (χ2n) is 9.93. The Balaban J connectivity index is 1.52. The zero-order valence-corrected chi connectivity index (χ0v) is 22.5. The number of nitrogens with zero attached hydrogens (tertiary/aromatic N) is 1. The van der Waals surface area contributed by atoms with Crippen molar-refractivity contribution >= 4 is 64.9 Å². The average molecular weight is 536 g/mol. The number of hydrogen-bond donors (Lipinski definition) is 0. The maximum atomic E-state index is 6.44. The molecule has 0 aliphatic carbocycles. The summed E-state index contributed by atoms with van der Waals surface area (Å²) in [6.07, 6.45) is 0. The lowest BCUT2D eigenvalue weighted by Crippen LogP contribution is -1.96. The maximum absolute atomic E-state index is 6.44. The lowest BCUT2D eigenvalue weighted by Gasteiger charge is -2.14. The molecule has 3 heteroatoms. The van der Waals surface area contributed by atoms with Gasteiger partial charge in [0.15, 0.2) is 0 Å². The van der Waals surface area contributed by atoms with Gasteiger partial charge in [-0.25, -0.2) is 0 Å². The smallest absolute Gasteiger partial charge is 0.0719 e. The largest absolute Gasteiger partial charge is 0.308 e. The minimum absolute atomic E-state index is 0.769. The normalized spacial score (nSPS) is 11.7. The second kappa shape index (κ2) is 8.84. The van der Waals surface area contributed by atoms with Crippen molar-refractivity contribution in [2.45, 2.75) is 0 Å². The van der Waals surface area contributed by atoms with E-state index in [0.29, 0.717) is 0 Å². The molecule has 0 radical (unpaired) electrons. The number of para-hydroxylation sites is 1. The van der Waals surface area contributed by atoms with Crippen LogP contribution in [0.5, 0.6) is 0 Å². The predicted octanol–water partition coefficient (Wildman–Crippen LogP) is 11.1. The summed E-state index contributed by atoms with van der Waals surface area (Å²) >= 11 is 8.28. The van der Waals surface area contributed by atoms with Crippen LogP contribution in [0.2, 0.25) is 5.02 Å². The highest BCUT2D eigenvalue weighted by Crippen LogP contribution is 2.44. The molecule has 6 aromatic carbocycles. The van der Waals surface area contributed by atoms with E-state index in [1.165, 1.54) is 64.2 Å². The Morgan fingerprint density at radius 1 is 0.487 bits per heavy atom. The fourth-order valence-corrected chi connectivity index (χ4v) is 7.25. The van der Waals surface area contributed by atoms with E-state index in [2.05, 4.69) is 132 Å². The standard InChI is InChI=1S/C36H22ClNS/c37-27-15-18-34-32(22-27)31-17-16-30-29-13-7-8-14-33(29)38(35(30)36(31)39-34)28-20-25(23-9-3-1-4-10-23)19-26(21-28)24-11-5-2-6-12-24/h1-22H. The molecule has 1 nitrogen and oxygen atoms in total. The quantitative estimate of drug-likeness (QED) is 0.212. The number of thiophene rings is 1. The van der Waals surface area contributed by atoms with E-state index in [-0.39, 0.29) is 0 Å². The third-order valence-corrected chi connectivity index (χ3v) is 9.05. The van der Waals surface area contributed by atoms with E-state index in [4.69, 9.17) is 11.6 Å². The first-order valence-corrected chi connectivity index (χ1v) is 14.2. The fraction of sp³-hybridized carbons (Fsp3) is 0. The molecule has 0 spiro atoms. The molecule has 8 rings (SSSR count). The van der Waals surface area contributed by atoms with Crippen molar-refractivity contribution in [2.75, 3.05) is 0 Å². The topological polar surface area (TPSA) is 4.93 Å². The Bertz CT molecular complexity index is 2110. The maximum Gasteiger partial charge on any atom is 0.0719 e. The molecule has 0 saturated carbocycles. The number of rotatable bonds is 3. The van der Waals surface area contributed by atoms with Crippen molar-refractivity contribution in [3.8, 4) is 27.9 Å². The summed E-state index contributed by atoms with van der Waals surface area (Å²) in [5.41, 5.74) is 8.43. The molecule has 0 fully saturated rings. The highest BCUT2D eigenvalue weighted by Gasteiger charge is 2.19. The molecule has 184 valence electrons. The SMILES string of the molecule is Clc1ccc2sc3c(ccc4c5ccccc5n(-c5cc(-c6ccccc6)cc(-c6ccccc6)c5)c43)c2c1. The van der Waals surface area contributed by atoms with Crippen LogP contribution in [0.4, 0.5) is 0 Å². The first-order valence-electron chi connectivity index (χ1n) is 13.0. The molecule has 39 heavy (non-hydrogen) atoms. The summed E-state index contributed by atoms with van der Waals surface area (Å²) < 4.78 is 5.00. The Hall–Kier alpha value is -4.37. The summed E-state index contributed by atoms with van der Waals surface area (Å²) in [7, 11) is 0. The summed E-state index contributed by atoms with van der Waals surface area (Å²) in [6.45, 7) is 0. The molecule has 0 saturated heterocycles. The van der Waals surface area contributed by atoms with Gasteiger partial charge in [0.1, 0.15) is 0 Å². The van der Waals surface area contributed by atoms with Gasteiger partial charge in [-0.2, -0.15) is 0 Å². The van der Waals surface area contributed by atoms with Gasteiger partial charge in [-0.15, -0.1) is 11.3 Å². The minimum Gasteiger partial charge on any atom is -0.308 e. The molecular weight excluding hydrogens is 514 g/mol. The summed E-state index contributed by atoms with van der Waals surface area (Å²) in [5.74, 6) is 0. The van der Waals surface area contributed by atoms with Crippen LogP contribution in [-0.2, 0) is 0 Å². The molecule has 0 amide bonds. The highest BCUT2D eigenvalue weighted by molar-refractivity contribution is 7.26.